The molecular formula is C43H27N5OS. The second kappa shape index (κ2) is 11.6. The predicted molar refractivity (Wildman–Crippen MR) is 204 cm³/mol. The van der Waals surface area contributed by atoms with E-state index in [2.05, 4.69) is 72.0 Å². The third-order valence-corrected chi connectivity index (χ3v) is 10.3. The van der Waals surface area contributed by atoms with Gasteiger partial charge < -0.3 is 9.73 Å². The van der Waals surface area contributed by atoms with Crippen molar-refractivity contribution >= 4 is 53.9 Å². The van der Waals surface area contributed by atoms with E-state index in [1.54, 1.807) is 11.3 Å². The first-order chi connectivity index (χ1) is 24.8. The quantitative estimate of drug-likeness (QED) is 0.199. The van der Waals surface area contributed by atoms with Crippen molar-refractivity contribution in [3.8, 4) is 34.2 Å². The van der Waals surface area contributed by atoms with Gasteiger partial charge in [0.05, 0.1) is 5.69 Å². The largest absolute Gasteiger partial charge is 0.452 e. The number of hydrogen-bond acceptors (Lipinski definition) is 7. The Morgan fingerprint density at radius 1 is 0.540 bits per heavy atom. The molecular weight excluding hydrogens is 635 g/mol. The Morgan fingerprint density at radius 2 is 1.18 bits per heavy atom. The Labute approximate surface area is 291 Å². The van der Waals surface area contributed by atoms with E-state index in [-0.39, 0.29) is 6.17 Å². The third kappa shape index (κ3) is 4.78. The molecule has 0 spiro atoms. The smallest absolute Gasteiger partial charge is 0.177 e. The maximum absolute atomic E-state index is 6.57. The summed E-state index contributed by atoms with van der Waals surface area (Å²) < 4.78 is 8.92. The number of thiophene rings is 1. The standard InChI is InChI=1S/C43H27N5OS/c1-4-13-26(14-5-1)40-44-37-30-19-10-11-21-33(30)49-39(37)38(45-40)31-20-12-22-35-36(31)32-25-29(23-24-34(32)50-35)43-47-41(27-15-6-2-7-16-27)46-42(48-43)28-17-8-3-9-18-28/h1-25,40,44H. The number of anilines is 1. The summed E-state index contributed by atoms with van der Waals surface area (Å²) in [6.45, 7) is 0. The summed E-state index contributed by atoms with van der Waals surface area (Å²) in [6.07, 6.45) is -0.270. The molecule has 1 aliphatic rings. The molecule has 0 fully saturated rings. The maximum atomic E-state index is 6.57. The highest BCUT2D eigenvalue weighted by Gasteiger charge is 2.30. The van der Waals surface area contributed by atoms with E-state index in [1.807, 2.05) is 84.9 Å². The van der Waals surface area contributed by atoms with E-state index in [0.717, 1.165) is 66.7 Å². The summed E-state index contributed by atoms with van der Waals surface area (Å²) in [5.41, 5.74) is 7.54. The highest BCUT2D eigenvalue weighted by molar-refractivity contribution is 7.25. The summed E-state index contributed by atoms with van der Waals surface area (Å²) in [5.74, 6) is 2.65. The lowest BCUT2D eigenvalue weighted by Crippen LogP contribution is -2.19. The van der Waals surface area contributed by atoms with Crippen LogP contribution in [0.25, 0.3) is 65.3 Å². The van der Waals surface area contributed by atoms with Crippen LogP contribution in [-0.4, -0.2) is 20.7 Å². The fourth-order valence-electron chi connectivity index (χ4n) is 6.80. The molecule has 9 aromatic rings. The first-order valence-corrected chi connectivity index (χ1v) is 17.3. The number of aromatic nitrogens is 3. The number of furan rings is 1. The van der Waals surface area contributed by atoms with Gasteiger partial charge in [-0.05, 0) is 42.0 Å². The second-order valence-corrected chi connectivity index (χ2v) is 13.4. The lowest BCUT2D eigenvalue weighted by molar-refractivity contribution is 0.599. The summed E-state index contributed by atoms with van der Waals surface area (Å²) in [6, 6.07) is 51.6. The number of benzene rings is 6. The number of hydrogen-bond donors (Lipinski definition) is 1. The normalized spacial score (nSPS) is 14.1. The molecule has 6 aromatic carbocycles. The van der Waals surface area contributed by atoms with Gasteiger partial charge in [0.15, 0.2) is 23.2 Å². The van der Waals surface area contributed by atoms with Gasteiger partial charge in [-0.3, -0.25) is 4.99 Å². The minimum absolute atomic E-state index is 0.270. The number of fused-ring (bicyclic) bond motifs is 6. The second-order valence-electron chi connectivity index (χ2n) is 12.3. The zero-order valence-corrected chi connectivity index (χ0v) is 27.4. The molecule has 0 radical (unpaired) electrons. The van der Waals surface area contributed by atoms with Crippen molar-refractivity contribution < 1.29 is 4.42 Å². The average molecular weight is 662 g/mol. The SMILES string of the molecule is c1ccc(-c2nc(-c3ccccc3)nc(-c3ccc4sc5cccc(C6=NC(c7ccccc7)Nc7c6oc6ccccc76)c5c4c3)n2)cc1. The maximum Gasteiger partial charge on any atom is 0.177 e. The fraction of sp³-hybridized carbons (Fsp3) is 0.0233. The van der Waals surface area contributed by atoms with Crippen LogP contribution < -0.4 is 5.32 Å². The van der Waals surface area contributed by atoms with Crippen LogP contribution in [0.2, 0.25) is 0 Å². The number of aliphatic imine (C=N–C) groups is 1. The van der Waals surface area contributed by atoms with Gasteiger partial charge in [0.1, 0.15) is 17.5 Å². The molecule has 50 heavy (non-hydrogen) atoms. The molecule has 0 saturated carbocycles. The summed E-state index contributed by atoms with van der Waals surface area (Å²) in [7, 11) is 0. The van der Waals surface area contributed by atoms with E-state index in [4.69, 9.17) is 24.4 Å². The summed E-state index contributed by atoms with van der Waals surface area (Å²) in [5, 5.41) is 6.98. The molecule has 6 nitrogen and oxygen atoms in total. The van der Waals surface area contributed by atoms with Gasteiger partial charge in [0, 0.05) is 47.8 Å². The van der Waals surface area contributed by atoms with Crippen molar-refractivity contribution in [2.24, 2.45) is 4.99 Å². The van der Waals surface area contributed by atoms with E-state index in [1.165, 1.54) is 9.40 Å². The first-order valence-electron chi connectivity index (χ1n) is 16.5. The molecule has 1 unspecified atom stereocenters. The number of nitrogens with zero attached hydrogens (tertiary/aromatic N) is 4. The van der Waals surface area contributed by atoms with Crippen molar-refractivity contribution in [2.75, 3.05) is 5.32 Å². The molecule has 3 aromatic heterocycles. The molecule has 0 bridgehead atoms. The first kappa shape index (κ1) is 28.6. The van der Waals surface area contributed by atoms with Crippen molar-refractivity contribution in [2.45, 2.75) is 6.17 Å². The number of para-hydroxylation sites is 1. The molecule has 0 amide bonds. The Balaban J connectivity index is 1.19. The monoisotopic (exact) mass is 661 g/mol. The highest BCUT2D eigenvalue weighted by atomic mass is 32.1. The van der Waals surface area contributed by atoms with Gasteiger partial charge in [-0.25, -0.2) is 15.0 Å². The van der Waals surface area contributed by atoms with Crippen molar-refractivity contribution in [1.82, 2.24) is 15.0 Å². The van der Waals surface area contributed by atoms with Crippen LogP contribution >= 0.6 is 11.3 Å². The minimum atomic E-state index is -0.270. The van der Waals surface area contributed by atoms with E-state index < -0.39 is 0 Å². The summed E-state index contributed by atoms with van der Waals surface area (Å²) >= 11 is 1.77. The van der Waals surface area contributed by atoms with Crippen LogP contribution in [-0.2, 0) is 0 Å². The molecule has 1 N–H and O–H groups in total. The van der Waals surface area contributed by atoms with Crippen LogP contribution in [0, 0.1) is 0 Å². The van der Waals surface area contributed by atoms with Crippen molar-refractivity contribution in [3.05, 3.63) is 169 Å². The van der Waals surface area contributed by atoms with E-state index in [9.17, 15) is 0 Å². The molecule has 7 heteroatoms. The molecule has 236 valence electrons. The van der Waals surface area contributed by atoms with E-state index >= 15 is 0 Å². The average Bonchev–Trinajstić information content (AvgIpc) is 3.77. The van der Waals surface area contributed by atoms with Gasteiger partial charge >= 0.3 is 0 Å². The van der Waals surface area contributed by atoms with E-state index in [0.29, 0.717) is 17.5 Å². The lowest BCUT2D eigenvalue weighted by atomic mass is 9.97. The van der Waals surface area contributed by atoms with Gasteiger partial charge in [-0.2, -0.15) is 0 Å². The number of rotatable bonds is 5. The molecule has 1 atom stereocenters. The third-order valence-electron chi connectivity index (χ3n) is 9.17. The lowest BCUT2D eigenvalue weighted by Gasteiger charge is -2.23. The Bertz CT molecular complexity index is 2680. The van der Waals surface area contributed by atoms with Crippen molar-refractivity contribution in [1.29, 1.82) is 0 Å². The zero-order chi connectivity index (χ0) is 33.0. The molecule has 0 saturated heterocycles. The van der Waals surface area contributed by atoms with Crippen LogP contribution in [0.3, 0.4) is 0 Å². The highest BCUT2D eigenvalue weighted by Crippen LogP contribution is 2.43. The van der Waals surface area contributed by atoms with Gasteiger partial charge in [0.2, 0.25) is 0 Å². The van der Waals surface area contributed by atoms with Crippen LogP contribution in [0.1, 0.15) is 23.1 Å². The fourth-order valence-corrected chi connectivity index (χ4v) is 7.91. The Hall–Kier alpha value is -6.44. The Kier molecular flexibility index (Phi) is 6.63. The minimum Gasteiger partial charge on any atom is -0.452 e. The molecule has 10 rings (SSSR count). The Morgan fingerprint density at radius 3 is 1.90 bits per heavy atom. The molecule has 4 heterocycles. The van der Waals surface area contributed by atoms with Crippen LogP contribution in [0.5, 0.6) is 0 Å². The predicted octanol–water partition coefficient (Wildman–Crippen LogP) is 10.9. The van der Waals surface area contributed by atoms with Gasteiger partial charge in [0.25, 0.3) is 0 Å². The zero-order valence-electron chi connectivity index (χ0n) is 26.6. The van der Waals surface area contributed by atoms with Crippen molar-refractivity contribution in [3.63, 3.8) is 0 Å². The number of nitrogens with one attached hydrogen (secondary N) is 1. The van der Waals surface area contributed by atoms with Crippen LogP contribution in [0.4, 0.5) is 5.69 Å². The summed E-state index contributed by atoms with van der Waals surface area (Å²) in [4.78, 5) is 20.3. The van der Waals surface area contributed by atoms with Gasteiger partial charge in [-0.1, -0.05) is 115 Å². The molecule has 1 aliphatic heterocycles. The topological polar surface area (TPSA) is 76.2 Å². The van der Waals surface area contributed by atoms with Gasteiger partial charge in [-0.15, -0.1) is 11.3 Å². The van der Waals surface area contributed by atoms with Crippen LogP contribution in [0.15, 0.2) is 161 Å². The molecule has 0 aliphatic carbocycles.